The van der Waals surface area contributed by atoms with E-state index in [0.29, 0.717) is 18.4 Å². The molecule has 2 aromatic heterocycles. The number of aromatic nitrogens is 3. The van der Waals surface area contributed by atoms with Crippen LogP contribution in [0.3, 0.4) is 0 Å². The van der Waals surface area contributed by atoms with E-state index in [9.17, 15) is 0 Å². The zero-order valence-electron chi connectivity index (χ0n) is 12.5. The van der Waals surface area contributed by atoms with Gasteiger partial charge < -0.3 is 9.84 Å². The zero-order valence-corrected chi connectivity index (χ0v) is 12.5. The Labute approximate surface area is 125 Å². The van der Waals surface area contributed by atoms with Gasteiger partial charge >= 0.3 is 0 Å². The van der Waals surface area contributed by atoms with E-state index in [1.54, 1.807) is 6.20 Å². The number of likely N-dealkylation sites (N-methyl/N-ethyl adjacent to an activating group) is 1. The van der Waals surface area contributed by atoms with Gasteiger partial charge in [-0.1, -0.05) is 30.5 Å². The smallest absolute Gasteiger partial charge is 0.231 e. The molecule has 21 heavy (non-hydrogen) atoms. The molecule has 0 spiro atoms. The summed E-state index contributed by atoms with van der Waals surface area (Å²) in [5.41, 5.74) is 1.11. The van der Waals surface area contributed by atoms with Crippen LogP contribution in [0.1, 0.15) is 55.3 Å². The van der Waals surface area contributed by atoms with Crippen LogP contribution < -0.4 is 5.32 Å². The Morgan fingerprint density at radius 2 is 2.19 bits per heavy atom. The van der Waals surface area contributed by atoms with Gasteiger partial charge in [-0.05, 0) is 31.5 Å². The lowest BCUT2D eigenvalue weighted by atomic mass is 9.95. The number of rotatable bonds is 4. The van der Waals surface area contributed by atoms with Gasteiger partial charge in [0.25, 0.3) is 0 Å². The van der Waals surface area contributed by atoms with Crippen LogP contribution in [-0.2, 0) is 6.42 Å². The molecule has 5 heteroatoms. The fraction of sp³-hybridized carbons (Fsp3) is 0.562. The fourth-order valence-electron chi connectivity index (χ4n) is 3.12. The maximum Gasteiger partial charge on any atom is 0.231 e. The lowest BCUT2D eigenvalue weighted by molar-refractivity contribution is 0.309. The summed E-state index contributed by atoms with van der Waals surface area (Å²) in [7, 11) is 2.02. The third-order valence-electron chi connectivity index (χ3n) is 4.27. The van der Waals surface area contributed by atoms with Crippen molar-refractivity contribution in [1.29, 1.82) is 0 Å². The van der Waals surface area contributed by atoms with Gasteiger partial charge in [0.05, 0.1) is 5.92 Å². The normalized spacial score (nSPS) is 22.9. The van der Waals surface area contributed by atoms with E-state index in [0.717, 1.165) is 23.7 Å². The molecule has 1 saturated carbocycles. The number of hydrogen-bond donors (Lipinski definition) is 1. The van der Waals surface area contributed by atoms with Gasteiger partial charge in [-0.2, -0.15) is 4.98 Å². The fourth-order valence-corrected chi connectivity index (χ4v) is 3.12. The predicted octanol–water partition coefficient (Wildman–Crippen LogP) is 2.69. The van der Waals surface area contributed by atoms with Crippen LogP contribution in [0.5, 0.6) is 0 Å². The highest BCUT2D eigenvalue weighted by atomic mass is 16.5. The second kappa shape index (κ2) is 6.80. The Morgan fingerprint density at radius 3 is 3.00 bits per heavy atom. The van der Waals surface area contributed by atoms with Crippen molar-refractivity contribution in [3.05, 3.63) is 41.8 Å². The molecule has 5 nitrogen and oxygen atoms in total. The van der Waals surface area contributed by atoms with Gasteiger partial charge in [-0.15, -0.1) is 0 Å². The topological polar surface area (TPSA) is 63.8 Å². The molecule has 112 valence electrons. The van der Waals surface area contributed by atoms with E-state index in [1.165, 1.54) is 25.7 Å². The summed E-state index contributed by atoms with van der Waals surface area (Å²) in [4.78, 5) is 8.74. The van der Waals surface area contributed by atoms with Gasteiger partial charge in [-0.25, -0.2) is 0 Å². The average Bonchev–Trinajstić information content (AvgIpc) is 2.84. The lowest BCUT2D eigenvalue weighted by Crippen LogP contribution is -2.31. The molecule has 0 saturated heterocycles. The highest BCUT2D eigenvalue weighted by molar-refractivity contribution is 5.14. The van der Waals surface area contributed by atoms with Crippen LogP contribution in [0.15, 0.2) is 29.0 Å². The summed E-state index contributed by atoms with van der Waals surface area (Å²) in [6.07, 6.45) is 10.4. The minimum atomic E-state index is 0.340. The Morgan fingerprint density at radius 1 is 1.29 bits per heavy atom. The number of pyridine rings is 1. The van der Waals surface area contributed by atoms with Gasteiger partial charge in [0, 0.05) is 24.9 Å². The maximum atomic E-state index is 5.54. The van der Waals surface area contributed by atoms with E-state index in [2.05, 4.69) is 20.4 Å². The molecule has 0 aromatic carbocycles. The second-order valence-corrected chi connectivity index (χ2v) is 5.73. The maximum absolute atomic E-state index is 5.54. The third kappa shape index (κ3) is 3.47. The van der Waals surface area contributed by atoms with Crippen molar-refractivity contribution >= 4 is 0 Å². The van der Waals surface area contributed by atoms with Crippen molar-refractivity contribution in [3.63, 3.8) is 0 Å². The summed E-state index contributed by atoms with van der Waals surface area (Å²) < 4.78 is 5.54. The van der Waals surface area contributed by atoms with Crippen molar-refractivity contribution in [2.45, 2.75) is 50.5 Å². The molecule has 0 bridgehead atoms. The first-order valence-corrected chi connectivity index (χ1v) is 7.75. The van der Waals surface area contributed by atoms with Crippen molar-refractivity contribution in [3.8, 4) is 0 Å². The summed E-state index contributed by atoms with van der Waals surface area (Å²) in [6, 6.07) is 4.41. The van der Waals surface area contributed by atoms with Gasteiger partial charge in [0.2, 0.25) is 5.89 Å². The molecule has 0 radical (unpaired) electrons. The number of hydrogen-bond acceptors (Lipinski definition) is 5. The Bertz CT molecular complexity index is 554. The molecular weight excluding hydrogens is 264 g/mol. The molecule has 2 unspecified atom stereocenters. The molecular formula is C16H22N4O. The lowest BCUT2D eigenvalue weighted by Gasteiger charge is -2.20. The Hall–Kier alpha value is -1.75. The molecule has 2 heterocycles. The molecule has 1 fully saturated rings. The number of nitrogens with one attached hydrogen (secondary N) is 1. The van der Waals surface area contributed by atoms with Crippen molar-refractivity contribution in [1.82, 2.24) is 20.4 Å². The highest BCUT2D eigenvalue weighted by Gasteiger charge is 2.28. The van der Waals surface area contributed by atoms with E-state index in [-0.39, 0.29) is 0 Å². The molecule has 3 rings (SSSR count). The van der Waals surface area contributed by atoms with Crippen LogP contribution in [0.4, 0.5) is 0 Å². The second-order valence-electron chi connectivity index (χ2n) is 5.73. The summed E-state index contributed by atoms with van der Waals surface area (Å²) >= 11 is 0. The molecule has 2 aromatic rings. The van der Waals surface area contributed by atoms with E-state index in [4.69, 9.17) is 4.52 Å². The van der Waals surface area contributed by atoms with Gasteiger partial charge in [0.1, 0.15) is 0 Å². The molecule has 2 atom stereocenters. The summed E-state index contributed by atoms with van der Waals surface area (Å²) in [6.45, 7) is 0. The van der Waals surface area contributed by atoms with Crippen molar-refractivity contribution in [2.24, 2.45) is 0 Å². The minimum absolute atomic E-state index is 0.340. The molecule has 0 aliphatic heterocycles. The average molecular weight is 286 g/mol. The monoisotopic (exact) mass is 286 g/mol. The van der Waals surface area contributed by atoms with Gasteiger partial charge in [0.15, 0.2) is 5.82 Å². The standard InChI is InChI=1S/C16H22N4O/c1-17-14-8-4-2-3-7-13(14)16-19-15(20-21-16)10-12-6-5-9-18-11-12/h5-6,9,11,13-14,17H,2-4,7-8,10H2,1H3. The Kier molecular flexibility index (Phi) is 4.60. The SMILES string of the molecule is CNC1CCCCCC1c1nc(Cc2cccnc2)no1. The van der Waals surface area contributed by atoms with Crippen LogP contribution in [-0.4, -0.2) is 28.2 Å². The minimum Gasteiger partial charge on any atom is -0.339 e. The van der Waals surface area contributed by atoms with E-state index < -0.39 is 0 Å². The van der Waals surface area contributed by atoms with Crippen molar-refractivity contribution in [2.75, 3.05) is 7.05 Å². The first-order chi connectivity index (χ1) is 10.4. The third-order valence-corrected chi connectivity index (χ3v) is 4.27. The van der Waals surface area contributed by atoms with Crippen LogP contribution in [0, 0.1) is 0 Å². The van der Waals surface area contributed by atoms with Gasteiger partial charge in [-0.3, -0.25) is 4.98 Å². The van der Waals surface area contributed by atoms with Crippen molar-refractivity contribution < 1.29 is 4.52 Å². The molecule has 1 aliphatic carbocycles. The number of nitrogens with zero attached hydrogens (tertiary/aromatic N) is 3. The summed E-state index contributed by atoms with van der Waals surface area (Å²) in [5.74, 6) is 1.87. The first kappa shape index (κ1) is 14.2. The largest absolute Gasteiger partial charge is 0.339 e. The molecule has 1 N–H and O–H groups in total. The highest BCUT2D eigenvalue weighted by Crippen LogP contribution is 2.31. The van der Waals surface area contributed by atoms with E-state index in [1.807, 2.05) is 25.4 Å². The Balaban J connectivity index is 1.74. The molecule has 1 aliphatic rings. The quantitative estimate of drug-likeness (QED) is 0.875. The van der Waals surface area contributed by atoms with Crippen LogP contribution in [0.25, 0.3) is 0 Å². The summed E-state index contributed by atoms with van der Waals surface area (Å²) in [5, 5.41) is 7.56. The first-order valence-electron chi connectivity index (χ1n) is 7.75. The molecule has 0 amide bonds. The van der Waals surface area contributed by atoms with Crippen LogP contribution >= 0.6 is 0 Å². The predicted molar refractivity (Wildman–Crippen MR) is 80.0 cm³/mol. The van der Waals surface area contributed by atoms with Crippen LogP contribution in [0.2, 0.25) is 0 Å². The van der Waals surface area contributed by atoms with E-state index >= 15 is 0 Å². The zero-order chi connectivity index (χ0) is 14.5.